The number of hydrogen-bond donors (Lipinski definition) is 2. The van der Waals surface area contributed by atoms with Crippen LogP contribution < -0.4 is 5.32 Å². The van der Waals surface area contributed by atoms with Crippen LogP contribution in [0.2, 0.25) is 0 Å². The van der Waals surface area contributed by atoms with E-state index in [0.717, 1.165) is 5.56 Å². The predicted molar refractivity (Wildman–Crippen MR) is 86.1 cm³/mol. The van der Waals surface area contributed by atoms with E-state index >= 15 is 0 Å². The van der Waals surface area contributed by atoms with Gasteiger partial charge in [-0.1, -0.05) is 37.3 Å². The number of benzene rings is 1. The van der Waals surface area contributed by atoms with Crippen molar-refractivity contribution in [2.45, 2.75) is 32.9 Å². The molecule has 0 saturated carbocycles. The second-order valence-electron chi connectivity index (χ2n) is 5.33. The molecule has 24 heavy (non-hydrogen) atoms. The van der Waals surface area contributed by atoms with Gasteiger partial charge in [0, 0.05) is 0 Å². The van der Waals surface area contributed by atoms with Gasteiger partial charge in [-0.15, -0.1) is 0 Å². The third-order valence-electron chi connectivity index (χ3n) is 3.26. The van der Waals surface area contributed by atoms with Crippen LogP contribution >= 0.6 is 0 Å². The molecular formula is C17H23NO6. The van der Waals surface area contributed by atoms with Crippen LogP contribution in [0, 0.1) is 5.92 Å². The lowest BCUT2D eigenvalue weighted by molar-refractivity contribution is -0.149. The number of amides is 1. The molecule has 0 aromatic heterocycles. The van der Waals surface area contributed by atoms with Gasteiger partial charge in [0.25, 0.3) is 0 Å². The predicted octanol–water partition coefficient (Wildman–Crippen LogP) is 1.36. The van der Waals surface area contributed by atoms with E-state index in [1.807, 2.05) is 30.3 Å². The Hall–Kier alpha value is -2.41. The fraction of sp³-hybridized carbons (Fsp3) is 0.471. The van der Waals surface area contributed by atoms with Crippen LogP contribution in [0.3, 0.4) is 0 Å². The Balaban J connectivity index is 2.42. The number of carboxylic acids is 1. The number of carbonyl (C=O) groups is 3. The van der Waals surface area contributed by atoms with E-state index in [1.54, 1.807) is 13.8 Å². The van der Waals surface area contributed by atoms with Crippen molar-refractivity contribution in [3.63, 3.8) is 0 Å². The summed E-state index contributed by atoms with van der Waals surface area (Å²) in [4.78, 5) is 34.6. The first kappa shape index (κ1) is 19.6. The lowest BCUT2D eigenvalue weighted by Gasteiger charge is -2.18. The molecule has 0 unspecified atom stereocenters. The largest absolute Gasteiger partial charge is 0.480 e. The zero-order valence-corrected chi connectivity index (χ0v) is 13.9. The monoisotopic (exact) mass is 337 g/mol. The Bertz CT molecular complexity index is 545. The molecular weight excluding hydrogens is 314 g/mol. The topological polar surface area (TPSA) is 102 Å². The highest BCUT2D eigenvalue weighted by molar-refractivity contribution is 5.84. The van der Waals surface area contributed by atoms with E-state index < -0.39 is 29.8 Å². The summed E-state index contributed by atoms with van der Waals surface area (Å²) in [5, 5.41) is 11.5. The molecule has 1 aromatic rings. The Morgan fingerprint density at radius 1 is 1.21 bits per heavy atom. The summed E-state index contributed by atoms with van der Waals surface area (Å²) in [7, 11) is 0. The van der Waals surface area contributed by atoms with Gasteiger partial charge < -0.3 is 19.9 Å². The summed E-state index contributed by atoms with van der Waals surface area (Å²) in [5.74, 6) is -2.87. The van der Waals surface area contributed by atoms with Gasteiger partial charge in [0.05, 0.1) is 19.1 Å². The van der Waals surface area contributed by atoms with Crippen molar-refractivity contribution in [3.05, 3.63) is 35.9 Å². The summed E-state index contributed by atoms with van der Waals surface area (Å²) >= 11 is 0. The number of nitrogens with one attached hydrogen (secondary N) is 1. The van der Waals surface area contributed by atoms with Gasteiger partial charge in [0.15, 0.2) is 0 Å². The van der Waals surface area contributed by atoms with Crippen LogP contribution in [0.25, 0.3) is 0 Å². The number of aliphatic carboxylic acids is 1. The van der Waals surface area contributed by atoms with Gasteiger partial charge in [0.2, 0.25) is 5.91 Å². The number of esters is 1. The van der Waals surface area contributed by atoms with E-state index in [4.69, 9.17) is 9.47 Å². The second-order valence-corrected chi connectivity index (χ2v) is 5.33. The SMILES string of the molecule is CCOC(=O)[C@@H](C)C[C@H](NC(=O)COCc1ccccc1)C(=O)O. The van der Waals surface area contributed by atoms with Crippen LogP contribution in [0.5, 0.6) is 0 Å². The van der Waals surface area contributed by atoms with Crippen molar-refractivity contribution in [3.8, 4) is 0 Å². The highest BCUT2D eigenvalue weighted by atomic mass is 16.5. The molecule has 0 bridgehead atoms. The minimum atomic E-state index is -1.21. The molecule has 7 nitrogen and oxygen atoms in total. The normalized spacial score (nSPS) is 12.9. The Kier molecular flexibility index (Phi) is 8.49. The van der Waals surface area contributed by atoms with Gasteiger partial charge in [-0.2, -0.15) is 0 Å². The highest BCUT2D eigenvalue weighted by Gasteiger charge is 2.26. The van der Waals surface area contributed by atoms with Crippen molar-refractivity contribution >= 4 is 17.8 Å². The first-order valence-corrected chi connectivity index (χ1v) is 7.74. The molecule has 2 atom stereocenters. The van der Waals surface area contributed by atoms with Crippen LogP contribution in [0.4, 0.5) is 0 Å². The Labute approximate surface area is 141 Å². The molecule has 0 saturated heterocycles. The molecule has 1 rings (SSSR count). The number of rotatable bonds is 10. The van der Waals surface area contributed by atoms with Crippen LogP contribution in [0.15, 0.2) is 30.3 Å². The first-order valence-electron chi connectivity index (χ1n) is 7.74. The summed E-state index contributed by atoms with van der Waals surface area (Å²) < 4.78 is 10.1. The lowest BCUT2D eigenvalue weighted by atomic mass is 10.0. The quantitative estimate of drug-likeness (QED) is 0.625. The molecule has 0 spiro atoms. The van der Waals surface area contributed by atoms with Crippen molar-refractivity contribution < 1.29 is 29.0 Å². The van der Waals surface area contributed by atoms with Gasteiger partial charge in [0.1, 0.15) is 12.6 Å². The number of ether oxygens (including phenoxy) is 2. The molecule has 7 heteroatoms. The molecule has 1 amide bonds. The minimum absolute atomic E-state index is 0.0431. The summed E-state index contributed by atoms with van der Waals surface area (Å²) in [6.07, 6.45) is -0.0431. The van der Waals surface area contributed by atoms with Gasteiger partial charge in [-0.3, -0.25) is 9.59 Å². The third-order valence-corrected chi connectivity index (χ3v) is 3.26. The first-order chi connectivity index (χ1) is 11.4. The van der Waals surface area contributed by atoms with Crippen molar-refractivity contribution in [2.24, 2.45) is 5.92 Å². The zero-order valence-electron chi connectivity index (χ0n) is 13.9. The maximum absolute atomic E-state index is 11.8. The third kappa shape index (κ3) is 7.23. The van der Waals surface area contributed by atoms with Crippen LogP contribution in [-0.4, -0.2) is 42.2 Å². The number of carbonyl (C=O) groups excluding carboxylic acids is 2. The smallest absolute Gasteiger partial charge is 0.326 e. The molecule has 0 aliphatic rings. The molecule has 2 N–H and O–H groups in total. The maximum atomic E-state index is 11.8. The van der Waals surface area contributed by atoms with Crippen molar-refractivity contribution in [1.29, 1.82) is 0 Å². The maximum Gasteiger partial charge on any atom is 0.326 e. The minimum Gasteiger partial charge on any atom is -0.480 e. The summed E-state index contributed by atoms with van der Waals surface area (Å²) in [6, 6.07) is 8.14. The summed E-state index contributed by atoms with van der Waals surface area (Å²) in [5.41, 5.74) is 0.913. The van der Waals surface area contributed by atoms with E-state index in [9.17, 15) is 19.5 Å². The number of hydrogen-bond acceptors (Lipinski definition) is 5. The molecule has 1 aromatic carbocycles. The van der Waals surface area contributed by atoms with E-state index in [0.29, 0.717) is 0 Å². The molecule has 0 radical (unpaired) electrons. The average Bonchev–Trinajstić information content (AvgIpc) is 2.55. The highest BCUT2D eigenvalue weighted by Crippen LogP contribution is 2.09. The second kappa shape index (κ2) is 10.4. The van der Waals surface area contributed by atoms with E-state index in [-0.39, 0.29) is 26.2 Å². The standard InChI is InChI=1S/C17H23NO6/c1-3-24-17(22)12(2)9-14(16(20)21)18-15(19)11-23-10-13-7-5-4-6-8-13/h4-8,12,14H,3,9-11H2,1-2H3,(H,18,19)(H,20,21)/t12-,14-/m0/s1. The molecule has 132 valence electrons. The molecule has 0 fully saturated rings. The lowest BCUT2D eigenvalue weighted by Crippen LogP contribution is -2.44. The van der Waals surface area contributed by atoms with Gasteiger partial charge >= 0.3 is 11.9 Å². The molecule has 0 aliphatic carbocycles. The van der Waals surface area contributed by atoms with E-state index in [1.165, 1.54) is 0 Å². The Morgan fingerprint density at radius 2 is 1.88 bits per heavy atom. The Morgan fingerprint density at radius 3 is 2.46 bits per heavy atom. The van der Waals surface area contributed by atoms with Crippen molar-refractivity contribution in [1.82, 2.24) is 5.32 Å². The van der Waals surface area contributed by atoms with Crippen molar-refractivity contribution in [2.75, 3.05) is 13.2 Å². The van der Waals surface area contributed by atoms with Gasteiger partial charge in [-0.25, -0.2) is 4.79 Å². The number of carboxylic acid groups (broad SMARTS) is 1. The molecule has 0 aliphatic heterocycles. The van der Waals surface area contributed by atoms with Crippen LogP contribution in [0.1, 0.15) is 25.8 Å². The fourth-order valence-corrected chi connectivity index (χ4v) is 2.03. The van der Waals surface area contributed by atoms with Crippen LogP contribution in [-0.2, 0) is 30.5 Å². The summed E-state index contributed by atoms with van der Waals surface area (Å²) in [6.45, 7) is 3.45. The zero-order chi connectivity index (χ0) is 17.9. The average molecular weight is 337 g/mol. The molecule has 0 heterocycles. The fourth-order valence-electron chi connectivity index (χ4n) is 2.03. The van der Waals surface area contributed by atoms with Gasteiger partial charge in [-0.05, 0) is 18.9 Å². The van der Waals surface area contributed by atoms with E-state index in [2.05, 4.69) is 5.32 Å².